The number of carbonyl (C=O) groups is 9. The van der Waals surface area contributed by atoms with Gasteiger partial charge >= 0.3 is 35.6 Å². The van der Waals surface area contributed by atoms with Crippen molar-refractivity contribution in [3.63, 3.8) is 0 Å². The molecule has 6 rings (SSSR count). The largest absolute Gasteiger partial charge is 0.507 e. The zero-order valence-electron chi connectivity index (χ0n) is 46.5. The molecule has 1 saturated heterocycles. The summed E-state index contributed by atoms with van der Waals surface area (Å²) >= 11 is 6.32. The number of aliphatic hydroxyl groups excluding tert-OH is 2. The average molecular weight is 1160 g/mol. The summed E-state index contributed by atoms with van der Waals surface area (Å²) in [5.74, 6) is -13.8. The highest BCUT2D eigenvalue weighted by Crippen LogP contribution is 2.49. The molecule has 1 aromatic rings. The van der Waals surface area contributed by atoms with E-state index in [4.69, 9.17) is 54.8 Å². The van der Waals surface area contributed by atoms with Gasteiger partial charge in [0.05, 0.1) is 46.2 Å². The van der Waals surface area contributed by atoms with Crippen LogP contribution in [0.4, 0.5) is 0 Å². The summed E-state index contributed by atoms with van der Waals surface area (Å²) in [6, 6.07) is 0. The second-order valence-corrected chi connectivity index (χ2v) is 21.4. The highest BCUT2D eigenvalue weighted by atomic mass is 32.2. The molecule has 26 heteroatoms. The van der Waals surface area contributed by atoms with Crippen molar-refractivity contribution < 1.29 is 101 Å². The van der Waals surface area contributed by atoms with Gasteiger partial charge in [0.2, 0.25) is 11.6 Å². The lowest BCUT2D eigenvalue weighted by molar-refractivity contribution is -0.254. The van der Waals surface area contributed by atoms with E-state index >= 15 is 4.79 Å². The number of fused-ring (bicyclic) bond motifs is 14. The first kappa shape index (κ1) is 64.1. The molecule has 1 amide bonds. The first-order valence-electron chi connectivity index (χ1n) is 25.5. The van der Waals surface area contributed by atoms with Crippen LogP contribution in [-0.2, 0) is 66.7 Å². The Morgan fingerprint density at radius 1 is 0.775 bits per heavy atom. The van der Waals surface area contributed by atoms with Crippen molar-refractivity contribution in [2.24, 2.45) is 23.7 Å². The molecule has 80 heavy (non-hydrogen) atoms. The van der Waals surface area contributed by atoms with Gasteiger partial charge in [-0.05, 0) is 32.1 Å². The molecular formula is C54H69N3O21S2. The monoisotopic (exact) mass is 1160 g/mol. The first-order valence-corrected chi connectivity index (χ1v) is 26.9. The number of carbonyl (C=O) groups excluding carboxylic acids is 9. The van der Waals surface area contributed by atoms with Crippen molar-refractivity contribution in [2.45, 2.75) is 144 Å². The molecule has 4 heterocycles. The van der Waals surface area contributed by atoms with E-state index in [9.17, 15) is 53.7 Å². The predicted octanol–water partition coefficient (Wildman–Crippen LogP) is 3.24. The lowest BCUT2D eigenvalue weighted by Crippen LogP contribution is -2.66. The summed E-state index contributed by atoms with van der Waals surface area (Å²) in [4.78, 5) is 119. The molecule has 0 saturated carbocycles. The Balaban J connectivity index is 1.53. The van der Waals surface area contributed by atoms with E-state index < -0.39 is 172 Å². The SMILES string of the molecule is CO[C@H]1/C=C/O[C@@]2(C)Oc3c(C)c(O)c4c(c3C2=O)C(=O)C(SCCNC(=S)NC2O[C@H](COC(C)=O)[C@@H](OC(C)=O)[C@H](OC(C)=O)[C@H]2OC(C)=O)=C(NC(=O)/C(C)=C\C=C\[C@H](C)[C@H](O)[C@@H](C)[C@@H](O)[C@@H](C)[C@H](OC(C)=O)[C@@H]1C)C4=O. The second kappa shape index (κ2) is 27.2. The van der Waals surface area contributed by atoms with Crippen molar-refractivity contribution in [3.8, 4) is 11.5 Å². The Bertz CT molecular complexity index is 2780. The first-order chi connectivity index (χ1) is 37.4. The number of benzene rings is 1. The number of allylic oxidation sites excluding steroid dienone is 4. The Morgan fingerprint density at radius 3 is 1.98 bits per heavy atom. The quantitative estimate of drug-likeness (QED) is 0.0757. The van der Waals surface area contributed by atoms with E-state index in [2.05, 4.69) is 16.0 Å². The molecule has 1 unspecified atom stereocenters. The van der Waals surface area contributed by atoms with Crippen LogP contribution in [0.1, 0.15) is 113 Å². The van der Waals surface area contributed by atoms with E-state index in [1.165, 1.54) is 53.0 Å². The number of ketones is 3. The zero-order valence-corrected chi connectivity index (χ0v) is 48.2. The number of Topliss-reactive ketones (excluding diaryl/α,β-unsaturated/α-hetero) is 3. The number of thioether (sulfide) groups is 1. The molecule has 14 atom stereocenters. The van der Waals surface area contributed by atoms with Gasteiger partial charge in [0.15, 0.2) is 29.7 Å². The molecule has 1 fully saturated rings. The van der Waals surface area contributed by atoms with Gasteiger partial charge in [0.1, 0.15) is 36.0 Å². The number of hydrogen-bond donors (Lipinski definition) is 6. The van der Waals surface area contributed by atoms with Gasteiger partial charge in [0.25, 0.3) is 11.7 Å². The highest BCUT2D eigenvalue weighted by molar-refractivity contribution is 8.04. The maximum absolute atomic E-state index is 15.0. The van der Waals surface area contributed by atoms with E-state index in [1.54, 1.807) is 33.8 Å². The summed E-state index contributed by atoms with van der Waals surface area (Å²) in [6.45, 7) is 15.6. The average Bonchev–Trinajstić information content (AvgIpc) is 3.64. The summed E-state index contributed by atoms with van der Waals surface area (Å²) in [7, 11) is 1.38. The summed E-state index contributed by atoms with van der Waals surface area (Å²) in [5, 5.41) is 42.8. The van der Waals surface area contributed by atoms with Crippen LogP contribution < -0.4 is 20.7 Å². The topological polar surface area (TPSA) is 333 Å². The standard InChI is InChI=1S/C54H69N3O21S2/c1-22-15-14-16-23(2)51(69)56-38-42(66)36-35(37-45(27(6)41(36)65)78-54(12,50(37)68)72-19-17-33(70-13)24(3)44(73-29(8)59)26(5)40(64)25(4)39(22)63)43(67)49(38)80-20-18-55-53(79)57-52-48(76-32(11)62)47(75-31(10)61)46(74-30(9)60)34(77-52)21-71-28(7)58/h14-17,19,22,24-26,33-34,39-40,44,46-48,52,63-65H,18,20-21H2,1-13H3,(H,56,69)(H2,55,57,79)/b15-14+,19-17+,23-16-/t22-,24+,25+,26+,33-,34+,39-,40+,44+,46+,47-,48+,52?,54-/m0/s1. The van der Waals surface area contributed by atoms with E-state index in [0.29, 0.717) is 0 Å². The van der Waals surface area contributed by atoms with Crippen LogP contribution in [0.25, 0.3) is 0 Å². The van der Waals surface area contributed by atoms with E-state index in [0.717, 1.165) is 45.7 Å². The molecule has 0 radical (unpaired) electrons. The minimum atomic E-state index is -2.21. The van der Waals surface area contributed by atoms with Crippen molar-refractivity contribution >= 4 is 82.2 Å². The normalized spacial score (nSPS) is 31.4. The number of aliphatic hydroxyl groups is 2. The smallest absolute Gasteiger partial charge is 0.312 e. The fourth-order valence-corrected chi connectivity index (χ4v) is 10.8. The Morgan fingerprint density at radius 2 is 1.38 bits per heavy atom. The van der Waals surface area contributed by atoms with Gasteiger partial charge in [-0.3, -0.25) is 43.2 Å². The number of esters is 5. The van der Waals surface area contributed by atoms with Gasteiger partial charge in [0, 0.05) is 95.8 Å². The van der Waals surface area contributed by atoms with Gasteiger partial charge in [-0.25, -0.2) is 0 Å². The van der Waals surface area contributed by atoms with Crippen molar-refractivity contribution in [1.82, 2.24) is 16.0 Å². The van der Waals surface area contributed by atoms with Crippen molar-refractivity contribution in [2.75, 3.05) is 26.0 Å². The van der Waals surface area contributed by atoms with Crippen LogP contribution in [0.5, 0.6) is 11.5 Å². The molecule has 0 spiro atoms. The van der Waals surface area contributed by atoms with Crippen LogP contribution >= 0.6 is 24.0 Å². The van der Waals surface area contributed by atoms with Crippen LogP contribution in [0, 0.1) is 30.6 Å². The Labute approximate surface area is 471 Å². The number of phenols is 1. The van der Waals surface area contributed by atoms with Crippen LogP contribution in [0.15, 0.2) is 46.7 Å². The second-order valence-electron chi connectivity index (χ2n) is 19.9. The number of phenolic OH excluding ortho intramolecular Hbond substituents is 1. The number of amides is 1. The third-order valence-corrected chi connectivity index (χ3v) is 15.2. The Kier molecular flexibility index (Phi) is 21.8. The van der Waals surface area contributed by atoms with Crippen molar-refractivity contribution in [1.29, 1.82) is 0 Å². The van der Waals surface area contributed by atoms with Gasteiger partial charge in [-0.15, -0.1) is 11.8 Å². The minimum Gasteiger partial charge on any atom is -0.507 e. The molecule has 24 nitrogen and oxygen atoms in total. The van der Waals surface area contributed by atoms with Gasteiger partial charge < -0.3 is 73.9 Å². The minimum absolute atomic E-state index is 0.0205. The van der Waals surface area contributed by atoms with Crippen molar-refractivity contribution in [3.05, 3.63) is 69.0 Å². The van der Waals surface area contributed by atoms with Crippen LogP contribution in [0.2, 0.25) is 0 Å². The maximum atomic E-state index is 15.0. The van der Waals surface area contributed by atoms with E-state index in [1.807, 2.05) is 0 Å². The number of ether oxygens (including phenoxy) is 9. The highest BCUT2D eigenvalue weighted by Gasteiger charge is 2.54. The van der Waals surface area contributed by atoms with E-state index in [-0.39, 0.29) is 39.2 Å². The number of aromatic hydroxyl groups is 1. The molecular weight excluding hydrogens is 1090 g/mol. The molecule has 1 aliphatic carbocycles. The Hall–Kier alpha value is -6.71. The molecule has 0 aromatic heterocycles. The van der Waals surface area contributed by atoms with Crippen LogP contribution in [-0.4, -0.2) is 160 Å². The van der Waals surface area contributed by atoms with Gasteiger partial charge in [-0.1, -0.05) is 45.9 Å². The van der Waals surface area contributed by atoms with Gasteiger partial charge in [-0.2, -0.15) is 0 Å². The number of hydrogen-bond acceptors (Lipinski definition) is 23. The summed E-state index contributed by atoms with van der Waals surface area (Å²) < 4.78 is 51.2. The predicted molar refractivity (Wildman–Crippen MR) is 286 cm³/mol. The summed E-state index contributed by atoms with van der Waals surface area (Å²) in [5.41, 5.74) is -2.15. The number of methoxy groups -OCH3 is 1. The molecule has 6 N–H and O–H groups in total. The van der Waals surface area contributed by atoms with Crippen LogP contribution in [0.3, 0.4) is 0 Å². The molecule has 4 aliphatic heterocycles. The fraction of sp³-hybridized carbons (Fsp3) is 0.556. The molecule has 5 bridgehead atoms. The maximum Gasteiger partial charge on any atom is 0.312 e. The number of thiocarbonyl (C=S) groups is 1. The molecule has 1 aromatic carbocycles. The third-order valence-electron chi connectivity index (χ3n) is 13.8. The third kappa shape index (κ3) is 14.6. The lowest BCUT2D eigenvalue weighted by Gasteiger charge is -2.44. The fourth-order valence-electron chi connectivity index (χ4n) is 9.64. The number of nitrogens with one attached hydrogen (secondary N) is 3. The molecule has 438 valence electrons. The number of rotatable bonds is 12. The lowest BCUT2D eigenvalue weighted by atomic mass is 9.78. The zero-order chi connectivity index (χ0) is 59.8. The molecule has 5 aliphatic rings. The summed E-state index contributed by atoms with van der Waals surface area (Å²) in [6.07, 6.45) is -4.44.